The fourth-order valence-corrected chi connectivity index (χ4v) is 2.66. The molecule has 1 saturated heterocycles. The first-order valence-corrected chi connectivity index (χ1v) is 6.76. The summed E-state index contributed by atoms with van der Waals surface area (Å²) in [7, 11) is 0. The van der Waals surface area contributed by atoms with Crippen LogP contribution in [0.2, 0.25) is 0 Å². The number of carbonyl (C=O) groups excluding carboxylic acids is 1. The molecular formula is C14H17ClFNO. The van der Waals surface area contributed by atoms with Crippen molar-refractivity contribution >= 4 is 17.5 Å². The lowest BCUT2D eigenvalue weighted by atomic mass is 9.98. The van der Waals surface area contributed by atoms with Crippen molar-refractivity contribution < 1.29 is 9.18 Å². The van der Waals surface area contributed by atoms with Crippen LogP contribution in [-0.2, 0) is 0 Å². The fraction of sp³-hybridized carbons (Fsp3) is 0.500. The molecule has 2 nitrogen and oxygen atoms in total. The molecule has 0 N–H and O–H groups in total. The van der Waals surface area contributed by atoms with Gasteiger partial charge >= 0.3 is 0 Å². The van der Waals surface area contributed by atoms with Gasteiger partial charge in [0.15, 0.2) is 0 Å². The van der Waals surface area contributed by atoms with Crippen molar-refractivity contribution in [2.24, 2.45) is 5.92 Å². The Balaban J connectivity index is 2.15. The van der Waals surface area contributed by atoms with E-state index in [9.17, 15) is 9.18 Å². The van der Waals surface area contributed by atoms with Crippen LogP contribution in [0.15, 0.2) is 18.2 Å². The number of hydrogen-bond donors (Lipinski definition) is 0. The number of piperidine rings is 1. The summed E-state index contributed by atoms with van der Waals surface area (Å²) in [6, 6.07) is 4.30. The van der Waals surface area contributed by atoms with Crippen LogP contribution in [0.4, 0.5) is 4.39 Å². The second-order valence-electron chi connectivity index (χ2n) is 4.87. The first-order valence-electron chi connectivity index (χ1n) is 6.23. The zero-order valence-corrected chi connectivity index (χ0v) is 11.2. The van der Waals surface area contributed by atoms with Gasteiger partial charge in [-0.25, -0.2) is 4.39 Å². The molecule has 0 aromatic heterocycles. The summed E-state index contributed by atoms with van der Waals surface area (Å²) in [6.45, 7) is 3.24. The maximum absolute atomic E-state index is 13.0. The molecule has 1 aromatic rings. The third-order valence-corrected chi connectivity index (χ3v) is 3.88. The van der Waals surface area contributed by atoms with Gasteiger partial charge in [-0.1, -0.05) is 0 Å². The average Bonchev–Trinajstić information content (AvgIpc) is 2.38. The first-order chi connectivity index (χ1) is 8.61. The molecule has 1 aliphatic heterocycles. The standard InChI is InChI=1S/C14H17ClFNO/c1-10-7-12(16)4-5-13(10)14(18)17-6-2-3-11(8-15)9-17/h4-5,7,11H,2-3,6,8-9H2,1H3. The van der Waals surface area contributed by atoms with Crippen molar-refractivity contribution in [2.45, 2.75) is 19.8 Å². The molecule has 0 saturated carbocycles. The van der Waals surface area contributed by atoms with Crippen LogP contribution < -0.4 is 0 Å². The molecule has 1 aliphatic rings. The topological polar surface area (TPSA) is 20.3 Å². The van der Waals surface area contributed by atoms with E-state index in [-0.39, 0.29) is 11.7 Å². The van der Waals surface area contributed by atoms with Crippen LogP contribution in [0.1, 0.15) is 28.8 Å². The number of aryl methyl sites for hydroxylation is 1. The van der Waals surface area contributed by atoms with Crippen LogP contribution in [0.5, 0.6) is 0 Å². The number of benzene rings is 1. The highest BCUT2D eigenvalue weighted by atomic mass is 35.5. The molecule has 18 heavy (non-hydrogen) atoms. The van der Waals surface area contributed by atoms with E-state index in [4.69, 9.17) is 11.6 Å². The minimum atomic E-state index is -0.304. The lowest BCUT2D eigenvalue weighted by molar-refractivity contribution is 0.0684. The highest BCUT2D eigenvalue weighted by molar-refractivity contribution is 6.18. The van der Waals surface area contributed by atoms with E-state index < -0.39 is 0 Å². The molecule has 1 aromatic carbocycles. The van der Waals surface area contributed by atoms with E-state index in [0.717, 1.165) is 19.4 Å². The van der Waals surface area contributed by atoms with Gasteiger partial charge in [-0.3, -0.25) is 4.79 Å². The lowest BCUT2D eigenvalue weighted by Gasteiger charge is -2.32. The van der Waals surface area contributed by atoms with E-state index in [1.165, 1.54) is 12.1 Å². The zero-order valence-electron chi connectivity index (χ0n) is 10.5. The number of hydrogen-bond acceptors (Lipinski definition) is 1. The Morgan fingerprint density at radius 2 is 2.33 bits per heavy atom. The third-order valence-electron chi connectivity index (χ3n) is 3.44. The predicted octanol–water partition coefficient (Wildman–Crippen LogP) is 3.23. The van der Waals surface area contributed by atoms with Gasteiger partial charge in [0.25, 0.3) is 5.91 Å². The van der Waals surface area contributed by atoms with Crippen molar-refractivity contribution in [3.63, 3.8) is 0 Å². The fourth-order valence-electron chi connectivity index (χ4n) is 2.41. The molecule has 98 valence electrons. The van der Waals surface area contributed by atoms with Gasteiger partial charge in [-0.2, -0.15) is 0 Å². The van der Waals surface area contributed by atoms with Crippen LogP contribution in [0, 0.1) is 18.7 Å². The van der Waals surface area contributed by atoms with Gasteiger partial charge in [0.1, 0.15) is 5.82 Å². The van der Waals surface area contributed by atoms with E-state index in [2.05, 4.69) is 0 Å². The monoisotopic (exact) mass is 269 g/mol. The smallest absolute Gasteiger partial charge is 0.254 e. The van der Waals surface area contributed by atoms with E-state index in [1.807, 2.05) is 4.90 Å². The molecule has 1 heterocycles. The Morgan fingerprint density at radius 3 is 3.00 bits per heavy atom. The second kappa shape index (κ2) is 5.70. The number of nitrogens with zero attached hydrogens (tertiary/aromatic N) is 1. The second-order valence-corrected chi connectivity index (χ2v) is 5.18. The first kappa shape index (κ1) is 13.3. The quantitative estimate of drug-likeness (QED) is 0.755. The van der Waals surface area contributed by atoms with Gasteiger partial charge in [0.2, 0.25) is 0 Å². The zero-order chi connectivity index (χ0) is 13.1. The van der Waals surface area contributed by atoms with Crippen molar-refractivity contribution in [2.75, 3.05) is 19.0 Å². The summed E-state index contributed by atoms with van der Waals surface area (Å²) in [5, 5.41) is 0. The highest BCUT2D eigenvalue weighted by Crippen LogP contribution is 2.21. The maximum atomic E-state index is 13.0. The SMILES string of the molecule is Cc1cc(F)ccc1C(=O)N1CCCC(CCl)C1. The molecule has 0 aliphatic carbocycles. The van der Waals surface area contributed by atoms with Crippen LogP contribution >= 0.6 is 11.6 Å². The number of alkyl halides is 1. The van der Waals surface area contributed by atoms with Crippen molar-refractivity contribution in [1.82, 2.24) is 4.90 Å². The molecule has 1 fully saturated rings. The van der Waals surface area contributed by atoms with Crippen molar-refractivity contribution in [3.8, 4) is 0 Å². The van der Waals surface area contributed by atoms with Gasteiger partial charge < -0.3 is 4.90 Å². The van der Waals surface area contributed by atoms with Gasteiger partial charge in [0, 0.05) is 24.5 Å². The molecule has 1 amide bonds. The summed E-state index contributed by atoms with van der Waals surface area (Å²) < 4.78 is 13.0. The Labute approximate surface area is 112 Å². The average molecular weight is 270 g/mol. The Bertz CT molecular complexity index is 449. The van der Waals surface area contributed by atoms with Crippen LogP contribution in [-0.4, -0.2) is 29.8 Å². The Hall–Kier alpha value is -1.09. The van der Waals surface area contributed by atoms with Gasteiger partial charge in [0.05, 0.1) is 0 Å². The number of halogens is 2. The van der Waals surface area contributed by atoms with Gasteiger partial charge in [-0.05, 0) is 49.4 Å². The summed E-state index contributed by atoms with van der Waals surface area (Å²) in [6.07, 6.45) is 2.07. The van der Waals surface area contributed by atoms with E-state index in [1.54, 1.807) is 13.0 Å². The Kier molecular flexibility index (Phi) is 4.23. The van der Waals surface area contributed by atoms with E-state index >= 15 is 0 Å². The molecule has 0 bridgehead atoms. The number of rotatable bonds is 2. The summed E-state index contributed by atoms with van der Waals surface area (Å²) in [5.74, 6) is 0.653. The normalized spacial score (nSPS) is 19.9. The highest BCUT2D eigenvalue weighted by Gasteiger charge is 2.24. The number of carbonyl (C=O) groups is 1. The molecule has 1 atom stereocenters. The molecule has 4 heteroatoms. The summed E-state index contributed by atoms with van der Waals surface area (Å²) >= 11 is 5.86. The molecule has 1 unspecified atom stereocenters. The van der Waals surface area contributed by atoms with E-state index in [0.29, 0.717) is 29.5 Å². The molecule has 0 spiro atoms. The van der Waals surface area contributed by atoms with Crippen molar-refractivity contribution in [3.05, 3.63) is 35.1 Å². The Morgan fingerprint density at radius 1 is 1.56 bits per heavy atom. The lowest BCUT2D eigenvalue weighted by Crippen LogP contribution is -2.40. The van der Waals surface area contributed by atoms with Gasteiger partial charge in [-0.15, -0.1) is 11.6 Å². The van der Waals surface area contributed by atoms with Crippen molar-refractivity contribution in [1.29, 1.82) is 0 Å². The molecule has 0 radical (unpaired) electrons. The third kappa shape index (κ3) is 2.83. The molecule has 2 rings (SSSR count). The number of likely N-dealkylation sites (tertiary alicyclic amines) is 1. The van der Waals surface area contributed by atoms with Crippen LogP contribution in [0.25, 0.3) is 0 Å². The summed E-state index contributed by atoms with van der Waals surface area (Å²) in [5.41, 5.74) is 1.28. The summed E-state index contributed by atoms with van der Waals surface area (Å²) in [4.78, 5) is 14.2. The minimum absolute atomic E-state index is 0.0117. The maximum Gasteiger partial charge on any atom is 0.254 e. The van der Waals surface area contributed by atoms with Crippen LogP contribution in [0.3, 0.4) is 0 Å². The largest absolute Gasteiger partial charge is 0.338 e. The predicted molar refractivity (Wildman–Crippen MR) is 70.5 cm³/mol. The minimum Gasteiger partial charge on any atom is -0.338 e. The number of amides is 1. The molecular weight excluding hydrogens is 253 g/mol.